The summed E-state index contributed by atoms with van der Waals surface area (Å²) < 4.78 is 132. The number of halogens is 11. The van der Waals surface area contributed by atoms with E-state index in [2.05, 4.69) is 15.9 Å². The molecule has 0 spiro atoms. The first kappa shape index (κ1) is 23.0. The molecular formula is C17H6BrF10N. The Balaban J connectivity index is 3.05. The Hall–Kier alpha value is -2.29. The fourth-order valence-corrected chi connectivity index (χ4v) is 3.23. The smallest absolute Gasteiger partial charge is 0.218 e. The van der Waals surface area contributed by atoms with E-state index >= 15 is 0 Å². The van der Waals surface area contributed by atoms with Crippen molar-refractivity contribution >= 4 is 15.9 Å². The summed E-state index contributed by atoms with van der Waals surface area (Å²) in [4.78, 5) is 0. The Morgan fingerprint density at radius 1 is 0.793 bits per heavy atom. The van der Waals surface area contributed by atoms with Crippen LogP contribution in [0.4, 0.5) is 43.9 Å². The van der Waals surface area contributed by atoms with Crippen LogP contribution in [0, 0.1) is 11.3 Å². The lowest BCUT2D eigenvalue weighted by Crippen LogP contribution is -2.50. The molecule has 0 aromatic heterocycles. The van der Waals surface area contributed by atoms with Crippen molar-refractivity contribution in [1.82, 2.24) is 0 Å². The van der Waals surface area contributed by atoms with Gasteiger partial charge in [-0.05, 0) is 29.8 Å². The molecule has 0 aliphatic heterocycles. The summed E-state index contributed by atoms with van der Waals surface area (Å²) in [5, 5.41) is 8.87. The molecule has 29 heavy (non-hydrogen) atoms. The third-order valence-electron chi connectivity index (χ3n) is 3.85. The summed E-state index contributed by atoms with van der Waals surface area (Å²) in [6.07, 6.45) is -18.6. The molecule has 0 N–H and O–H groups in total. The van der Waals surface area contributed by atoms with Gasteiger partial charge in [-0.2, -0.15) is 44.8 Å². The van der Waals surface area contributed by atoms with Crippen LogP contribution in [0.1, 0.15) is 16.7 Å². The van der Waals surface area contributed by atoms with Gasteiger partial charge in [0.2, 0.25) is 0 Å². The van der Waals surface area contributed by atoms with Crippen LogP contribution >= 0.6 is 15.9 Å². The molecule has 0 heterocycles. The molecule has 0 saturated carbocycles. The number of rotatable bonds is 2. The van der Waals surface area contributed by atoms with Crippen LogP contribution in [0.5, 0.6) is 0 Å². The maximum absolute atomic E-state index is 14.7. The summed E-state index contributed by atoms with van der Waals surface area (Å²) >= 11 is 2.52. The predicted octanol–water partition coefficient (Wildman–Crippen LogP) is 7.30. The lowest BCUT2D eigenvalue weighted by atomic mass is 9.85. The van der Waals surface area contributed by atoms with E-state index in [0.29, 0.717) is 0 Å². The van der Waals surface area contributed by atoms with Gasteiger partial charge in [-0.25, -0.2) is 4.39 Å². The first-order chi connectivity index (χ1) is 13.0. The van der Waals surface area contributed by atoms with E-state index in [0.717, 1.165) is 24.3 Å². The van der Waals surface area contributed by atoms with Crippen LogP contribution in [-0.2, 0) is 11.8 Å². The third kappa shape index (κ3) is 4.05. The molecule has 0 aliphatic rings. The van der Waals surface area contributed by atoms with Gasteiger partial charge in [0.15, 0.2) is 0 Å². The van der Waals surface area contributed by atoms with Gasteiger partial charge < -0.3 is 0 Å². The first-order valence-electron chi connectivity index (χ1n) is 7.28. The Morgan fingerprint density at radius 3 is 1.79 bits per heavy atom. The molecule has 156 valence electrons. The zero-order valence-corrected chi connectivity index (χ0v) is 15.2. The largest absolute Gasteiger partial charge is 0.435 e. The molecule has 0 fully saturated rings. The average molecular weight is 494 g/mol. The third-order valence-corrected chi connectivity index (χ3v) is 4.48. The van der Waals surface area contributed by atoms with E-state index in [1.54, 1.807) is 6.07 Å². The van der Waals surface area contributed by atoms with Gasteiger partial charge in [0.1, 0.15) is 0 Å². The fraction of sp³-hybridized carbons (Fsp3) is 0.235. The average Bonchev–Trinajstić information content (AvgIpc) is 2.57. The van der Waals surface area contributed by atoms with Crippen LogP contribution in [0.2, 0.25) is 0 Å². The second-order valence-electron chi connectivity index (χ2n) is 5.72. The summed E-state index contributed by atoms with van der Waals surface area (Å²) in [5.41, 5.74) is -12.2. The Kier molecular flexibility index (Phi) is 5.70. The van der Waals surface area contributed by atoms with Crippen molar-refractivity contribution in [2.24, 2.45) is 0 Å². The van der Waals surface area contributed by atoms with Crippen molar-refractivity contribution in [3.8, 4) is 17.2 Å². The maximum Gasteiger partial charge on any atom is 0.435 e. The maximum atomic E-state index is 14.7. The molecule has 12 heteroatoms. The van der Waals surface area contributed by atoms with Crippen molar-refractivity contribution in [2.45, 2.75) is 24.2 Å². The van der Waals surface area contributed by atoms with E-state index in [4.69, 9.17) is 5.26 Å². The monoisotopic (exact) mass is 493 g/mol. The highest BCUT2D eigenvalue weighted by atomic mass is 79.9. The van der Waals surface area contributed by atoms with Crippen LogP contribution < -0.4 is 0 Å². The van der Waals surface area contributed by atoms with Gasteiger partial charge in [0.25, 0.3) is 0 Å². The Morgan fingerprint density at radius 2 is 1.34 bits per heavy atom. The lowest BCUT2D eigenvalue weighted by molar-refractivity contribution is -0.348. The van der Waals surface area contributed by atoms with Crippen LogP contribution in [0.3, 0.4) is 0 Å². The highest BCUT2D eigenvalue weighted by molar-refractivity contribution is 9.10. The quantitative estimate of drug-likeness (QED) is 0.403. The van der Waals surface area contributed by atoms with Crippen LogP contribution in [0.25, 0.3) is 11.1 Å². The van der Waals surface area contributed by atoms with E-state index in [1.165, 1.54) is 0 Å². The minimum atomic E-state index is -6.63. The molecule has 0 atom stereocenters. The summed E-state index contributed by atoms with van der Waals surface area (Å²) in [7, 11) is 0. The summed E-state index contributed by atoms with van der Waals surface area (Å²) in [6.45, 7) is 0. The van der Waals surface area contributed by atoms with Gasteiger partial charge in [-0.1, -0.05) is 28.1 Å². The lowest BCUT2D eigenvalue weighted by Gasteiger charge is -2.33. The Labute approximate surface area is 164 Å². The number of nitrogens with zero attached hydrogens (tertiary/aromatic N) is 1. The molecule has 0 aliphatic carbocycles. The van der Waals surface area contributed by atoms with E-state index < -0.39 is 57.0 Å². The molecule has 0 saturated heterocycles. The highest BCUT2D eigenvalue weighted by Gasteiger charge is 2.74. The second kappa shape index (κ2) is 7.19. The van der Waals surface area contributed by atoms with Gasteiger partial charge in [-0.3, -0.25) is 0 Å². The van der Waals surface area contributed by atoms with Gasteiger partial charge in [-0.15, -0.1) is 0 Å². The van der Waals surface area contributed by atoms with Crippen molar-refractivity contribution in [1.29, 1.82) is 5.26 Å². The SMILES string of the molecule is N#Cc1cccc(-c2c(Br)cc(C(F)(F)F)cc2C(F)(C(F)(F)F)C(F)(F)F)c1. The van der Waals surface area contributed by atoms with Crippen molar-refractivity contribution in [3.63, 3.8) is 0 Å². The van der Waals surface area contributed by atoms with Crippen molar-refractivity contribution < 1.29 is 43.9 Å². The summed E-state index contributed by atoms with van der Waals surface area (Å²) in [6, 6.07) is 5.26. The van der Waals surface area contributed by atoms with Gasteiger partial charge >= 0.3 is 24.2 Å². The zero-order valence-electron chi connectivity index (χ0n) is 13.6. The standard InChI is InChI=1S/C17H6BrF10N/c18-12-6-10(15(20,21)22)5-11(14(19,16(23,24)25)17(26,27)28)13(12)9-3-1-2-8(4-9)7-29/h1-6H. The minimum absolute atomic E-state index is 0.219. The first-order valence-corrected chi connectivity index (χ1v) is 8.07. The van der Waals surface area contributed by atoms with E-state index in [1.807, 2.05) is 0 Å². The zero-order chi connectivity index (χ0) is 22.4. The number of hydrogen-bond acceptors (Lipinski definition) is 1. The van der Waals surface area contributed by atoms with Crippen LogP contribution in [-0.4, -0.2) is 12.4 Å². The second-order valence-corrected chi connectivity index (χ2v) is 6.58. The number of benzene rings is 2. The minimum Gasteiger partial charge on any atom is -0.218 e. The number of hydrogen-bond donors (Lipinski definition) is 0. The Bertz CT molecular complexity index is 952. The van der Waals surface area contributed by atoms with Crippen molar-refractivity contribution in [2.75, 3.05) is 0 Å². The molecule has 0 bridgehead atoms. The molecule has 0 unspecified atom stereocenters. The van der Waals surface area contributed by atoms with Gasteiger partial charge in [0, 0.05) is 15.6 Å². The molecule has 0 amide bonds. The normalized spacial score (nSPS) is 13.3. The molecule has 2 aromatic carbocycles. The molecule has 0 radical (unpaired) electrons. The number of alkyl halides is 10. The molecular weight excluding hydrogens is 488 g/mol. The van der Waals surface area contributed by atoms with Crippen molar-refractivity contribution in [3.05, 3.63) is 57.6 Å². The van der Waals surface area contributed by atoms with Crippen LogP contribution in [0.15, 0.2) is 40.9 Å². The molecule has 1 nitrogen and oxygen atoms in total. The van der Waals surface area contributed by atoms with E-state index in [9.17, 15) is 43.9 Å². The topological polar surface area (TPSA) is 23.8 Å². The fourth-order valence-electron chi connectivity index (χ4n) is 2.55. The van der Waals surface area contributed by atoms with Gasteiger partial charge in [0.05, 0.1) is 17.2 Å². The summed E-state index contributed by atoms with van der Waals surface area (Å²) in [5.74, 6) is 0. The molecule has 2 rings (SSSR count). The number of nitriles is 1. The van der Waals surface area contributed by atoms with E-state index in [-0.39, 0.29) is 11.6 Å². The predicted molar refractivity (Wildman–Crippen MR) is 84.2 cm³/mol. The molecule has 2 aromatic rings. The highest BCUT2D eigenvalue weighted by Crippen LogP contribution is 2.57.